The average Bonchev–Trinajstić information content (AvgIpc) is 3.88. The van der Waals surface area contributed by atoms with Crippen LogP contribution in [0.25, 0.3) is 55.3 Å². The number of allylic oxidation sites excluding steroid dienone is 4. The van der Waals surface area contributed by atoms with Crippen molar-refractivity contribution >= 4 is 27.4 Å². The Kier molecular flexibility index (Phi) is 7.05. The van der Waals surface area contributed by atoms with E-state index in [-0.39, 0.29) is 11.3 Å². The smallest absolute Gasteiger partial charge is 0.0541 e. The molecule has 0 saturated carbocycles. The Balaban J connectivity index is 1.06. The van der Waals surface area contributed by atoms with Gasteiger partial charge in [0.05, 0.1) is 11.0 Å². The van der Waals surface area contributed by atoms with E-state index in [4.69, 9.17) is 0 Å². The van der Waals surface area contributed by atoms with Crippen LogP contribution >= 0.6 is 0 Å². The summed E-state index contributed by atoms with van der Waals surface area (Å²) in [5, 5.41) is 2.54. The van der Waals surface area contributed by atoms with Crippen LogP contribution in [0.3, 0.4) is 0 Å². The van der Waals surface area contributed by atoms with Crippen molar-refractivity contribution in [3.8, 4) is 27.9 Å². The van der Waals surface area contributed by atoms with E-state index in [1.807, 2.05) is 0 Å². The Morgan fingerprint density at radius 2 is 1.08 bits per heavy atom. The first-order valence-electron chi connectivity index (χ1n) is 18.4. The van der Waals surface area contributed by atoms with Crippen molar-refractivity contribution in [3.05, 3.63) is 215 Å². The van der Waals surface area contributed by atoms with Gasteiger partial charge in [-0.1, -0.05) is 166 Å². The third kappa shape index (κ3) is 4.84. The number of fused-ring (bicyclic) bond motifs is 5. The van der Waals surface area contributed by atoms with Crippen LogP contribution in [0, 0.1) is 0 Å². The van der Waals surface area contributed by atoms with Crippen LogP contribution in [0.15, 0.2) is 188 Å². The summed E-state index contributed by atoms with van der Waals surface area (Å²) >= 11 is 0. The van der Waals surface area contributed by atoms with Crippen molar-refractivity contribution in [2.45, 2.75) is 31.6 Å². The number of rotatable bonds is 6. The maximum absolute atomic E-state index is 2.50. The summed E-state index contributed by atoms with van der Waals surface area (Å²) in [7, 11) is 0. The van der Waals surface area contributed by atoms with Crippen LogP contribution in [0.4, 0.5) is 0 Å². The molecule has 1 heteroatoms. The molecule has 1 nitrogen and oxygen atoms in total. The van der Waals surface area contributed by atoms with Crippen LogP contribution < -0.4 is 0 Å². The van der Waals surface area contributed by atoms with Crippen LogP contribution in [-0.2, 0) is 5.41 Å². The van der Waals surface area contributed by atoms with Crippen molar-refractivity contribution in [2.24, 2.45) is 0 Å². The number of para-hydroxylation sites is 2. The molecule has 1 atom stereocenters. The highest BCUT2D eigenvalue weighted by Crippen LogP contribution is 2.51. The predicted octanol–water partition coefficient (Wildman–Crippen LogP) is 13.3. The first-order chi connectivity index (χ1) is 25.5. The lowest BCUT2D eigenvalue weighted by Crippen LogP contribution is -2.17. The molecular formula is C51H39N. The standard InChI is InChI=1S/C51H39N/c1-51(2)46-18-11-17-42(46)43-30-28-40(33-47(43)51)50(37-24-20-35(21-25-37)34-12-5-3-6-13-34)38-26-22-36(23-27-38)39-29-31-49-45(32-39)44-16-9-10-19-48(44)52(49)41-14-7-4-8-15-41/h3-17,19-33,50H,18H2,1-2H3. The van der Waals surface area contributed by atoms with E-state index in [9.17, 15) is 0 Å². The van der Waals surface area contributed by atoms with Crippen LogP contribution in [-0.4, -0.2) is 4.57 Å². The number of benzene rings is 7. The molecule has 0 bridgehead atoms. The van der Waals surface area contributed by atoms with E-state index in [0.717, 1.165) is 6.42 Å². The topological polar surface area (TPSA) is 4.93 Å². The fourth-order valence-electron chi connectivity index (χ4n) is 8.96. The molecule has 0 fully saturated rings. The lowest BCUT2D eigenvalue weighted by Gasteiger charge is -2.26. The van der Waals surface area contributed by atoms with Gasteiger partial charge in [-0.3, -0.25) is 0 Å². The normalized spacial score (nSPS) is 15.0. The van der Waals surface area contributed by atoms with Crippen molar-refractivity contribution < 1.29 is 0 Å². The van der Waals surface area contributed by atoms with E-state index in [1.54, 1.807) is 5.57 Å². The van der Waals surface area contributed by atoms with Gasteiger partial charge in [0, 0.05) is 27.8 Å². The third-order valence-electron chi connectivity index (χ3n) is 11.6. The molecule has 0 saturated heterocycles. The highest BCUT2D eigenvalue weighted by Gasteiger charge is 2.38. The van der Waals surface area contributed by atoms with Gasteiger partial charge in [-0.2, -0.15) is 0 Å². The number of nitrogens with zero attached hydrogens (tertiary/aromatic N) is 1. The lowest BCUT2D eigenvalue weighted by atomic mass is 9.77. The monoisotopic (exact) mass is 665 g/mol. The van der Waals surface area contributed by atoms with Crippen LogP contribution in [0.2, 0.25) is 0 Å². The summed E-state index contributed by atoms with van der Waals surface area (Å²) in [5.74, 6) is 0.109. The van der Waals surface area contributed by atoms with Crippen molar-refractivity contribution in [3.63, 3.8) is 0 Å². The summed E-state index contributed by atoms with van der Waals surface area (Å²) in [4.78, 5) is 0. The van der Waals surface area contributed by atoms with Crippen molar-refractivity contribution in [1.29, 1.82) is 0 Å². The second kappa shape index (κ2) is 12.0. The molecule has 1 heterocycles. The van der Waals surface area contributed by atoms with E-state index in [2.05, 4.69) is 200 Å². The molecule has 0 N–H and O–H groups in total. The van der Waals surface area contributed by atoms with Gasteiger partial charge in [0.25, 0.3) is 0 Å². The van der Waals surface area contributed by atoms with Crippen molar-refractivity contribution in [1.82, 2.24) is 4.57 Å². The van der Waals surface area contributed by atoms with Gasteiger partial charge in [-0.15, -0.1) is 0 Å². The molecule has 1 unspecified atom stereocenters. The number of hydrogen-bond donors (Lipinski definition) is 0. The molecule has 2 aliphatic carbocycles. The molecular weight excluding hydrogens is 627 g/mol. The summed E-state index contributed by atoms with van der Waals surface area (Å²) in [6, 6.07) is 62.8. The largest absolute Gasteiger partial charge is 0.309 e. The third-order valence-corrected chi connectivity index (χ3v) is 11.6. The second-order valence-electron chi connectivity index (χ2n) is 14.9. The molecule has 0 aliphatic heterocycles. The second-order valence-corrected chi connectivity index (χ2v) is 14.9. The van der Waals surface area contributed by atoms with Gasteiger partial charge in [0.15, 0.2) is 0 Å². The summed E-state index contributed by atoms with van der Waals surface area (Å²) in [6.07, 6.45) is 5.70. The Bertz CT molecular complexity index is 2690. The summed E-state index contributed by atoms with van der Waals surface area (Å²) in [5.41, 5.74) is 18.4. The number of aromatic nitrogens is 1. The van der Waals surface area contributed by atoms with Gasteiger partial charge >= 0.3 is 0 Å². The number of hydrogen-bond acceptors (Lipinski definition) is 0. The fraction of sp³-hybridized carbons (Fsp3) is 0.0980. The van der Waals surface area contributed by atoms with E-state index < -0.39 is 0 Å². The molecule has 52 heavy (non-hydrogen) atoms. The van der Waals surface area contributed by atoms with Gasteiger partial charge in [-0.25, -0.2) is 0 Å². The minimum atomic E-state index is 0.0258. The Labute approximate surface area is 305 Å². The summed E-state index contributed by atoms with van der Waals surface area (Å²) in [6.45, 7) is 4.80. The predicted molar refractivity (Wildman–Crippen MR) is 219 cm³/mol. The highest BCUT2D eigenvalue weighted by atomic mass is 15.0. The van der Waals surface area contributed by atoms with E-state index in [1.165, 1.54) is 83.1 Å². The van der Waals surface area contributed by atoms with Gasteiger partial charge in [0.1, 0.15) is 0 Å². The van der Waals surface area contributed by atoms with Gasteiger partial charge < -0.3 is 4.57 Å². The maximum Gasteiger partial charge on any atom is 0.0541 e. The zero-order valence-electron chi connectivity index (χ0n) is 29.6. The van der Waals surface area contributed by atoms with Crippen molar-refractivity contribution in [2.75, 3.05) is 0 Å². The van der Waals surface area contributed by atoms with E-state index >= 15 is 0 Å². The minimum Gasteiger partial charge on any atom is -0.309 e. The highest BCUT2D eigenvalue weighted by molar-refractivity contribution is 6.10. The molecule has 0 radical (unpaired) electrons. The molecule has 10 rings (SSSR count). The molecule has 1 aromatic heterocycles. The Hall–Kier alpha value is -6.18. The van der Waals surface area contributed by atoms with Gasteiger partial charge in [0.2, 0.25) is 0 Å². The first-order valence-corrected chi connectivity index (χ1v) is 18.4. The Morgan fingerprint density at radius 3 is 1.81 bits per heavy atom. The first kappa shape index (κ1) is 30.6. The molecule has 8 aromatic rings. The maximum atomic E-state index is 2.50. The fourth-order valence-corrected chi connectivity index (χ4v) is 8.96. The molecule has 7 aromatic carbocycles. The zero-order valence-corrected chi connectivity index (χ0v) is 29.6. The van der Waals surface area contributed by atoms with Crippen LogP contribution in [0.5, 0.6) is 0 Å². The molecule has 0 amide bonds. The Morgan fingerprint density at radius 1 is 0.500 bits per heavy atom. The zero-order chi connectivity index (χ0) is 34.8. The molecule has 0 spiro atoms. The van der Waals surface area contributed by atoms with Gasteiger partial charge in [-0.05, 0) is 98.0 Å². The average molecular weight is 666 g/mol. The molecule has 248 valence electrons. The minimum absolute atomic E-state index is 0.0258. The molecule has 2 aliphatic rings. The van der Waals surface area contributed by atoms with Crippen LogP contribution in [0.1, 0.15) is 54.0 Å². The van der Waals surface area contributed by atoms with E-state index in [0.29, 0.717) is 0 Å². The quantitative estimate of drug-likeness (QED) is 0.156. The lowest BCUT2D eigenvalue weighted by molar-refractivity contribution is 0.626. The summed E-state index contributed by atoms with van der Waals surface area (Å²) < 4.78 is 2.38. The SMILES string of the molecule is CC1(C)C2=C(C=CC2)c2ccc(C(c3ccc(-c4ccccc4)cc3)c3ccc(-c4ccc5c(c4)c4ccccc4n5-c4ccccc4)cc3)cc21.